The maximum Gasteiger partial charge on any atom is 0.161 e. The molecule has 0 spiro atoms. The van der Waals surface area contributed by atoms with Gasteiger partial charge in [0.15, 0.2) is 11.5 Å². The molecular weight excluding hydrogens is 342 g/mol. The van der Waals surface area contributed by atoms with E-state index in [0.29, 0.717) is 23.3 Å². The van der Waals surface area contributed by atoms with Crippen molar-refractivity contribution in [3.63, 3.8) is 0 Å². The third-order valence-electron chi connectivity index (χ3n) is 5.73. The normalized spacial score (nSPS) is 28.0. The molecule has 0 unspecified atom stereocenters. The lowest BCUT2D eigenvalue weighted by atomic mass is 9.78. The number of aryl methyl sites for hydroxylation is 1. The molecule has 1 aromatic heterocycles. The summed E-state index contributed by atoms with van der Waals surface area (Å²) in [6.45, 7) is 4.77. The highest BCUT2D eigenvalue weighted by Gasteiger charge is 2.42. The van der Waals surface area contributed by atoms with E-state index >= 15 is 0 Å². The van der Waals surface area contributed by atoms with E-state index in [0.717, 1.165) is 43.9 Å². The fourth-order valence-corrected chi connectivity index (χ4v) is 4.35. The van der Waals surface area contributed by atoms with Gasteiger partial charge < -0.3 is 14.6 Å². The highest BCUT2D eigenvalue weighted by Crippen LogP contribution is 2.39. The van der Waals surface area contributed by atoms with Crippen molar-refractivity contribution in [1.82, 2.24) is 14.9 Å². The summed E-state index contributed by atoms with van der Waals surface area (Å²) < 4.78 is 11.5. The first-order chi connectivity index (χ1) is 13.1. The average molecular weight is 369 g/mol. The average Bonchev–Trinajstić information content (AvgIpc) is 3.05. The molecule has 0 radical (unpaired) electrons. The molecule has 6 nitrogen and oxygen atoms in total. The third-order valence-corrected chi connectivity index (χ3v) is 5.73. The second-order valence-electron chi connectivity index (χ2n) is 7.71. The van der Waals surface area contributed by atoms with Gasteiger partial charge in [-0.15, -0.1) is 0 Å². The lowest BCUT2D eigenvalue weighted by Gasteiger charge is -2.35. The Hall–Kier alpha value is -2.18. The summed E-state index contributed by atoms with van der Waals surface area (Å²) in [6, 6.07) is 7.62. The number of fused-ring (bicyclic) bond motifs is 1. The van der Waals surface area contributed by atoms with Gasteiger partial charge in [0, 0.05) is 32.0 Å². The standard InChI is InChI=1S/C21H27N3O3/c1-14-9-23-17(10-22-14)13-24-11-15-7-18(25)21(8-16(15)12-24)27-20-6-4-3-5-19(20)26-2/h3-6,9-10,15-16,18,21,25H,7-8,11-13H2,1-2H3/t15-,16+,18+,21+/m0/s1. The quantitative estimate of drug-likeness (QED) is 0.873. The zero-order valence-electron chi connectivity index (χ0n) is 15.9. The van der Waals surface area contributed by atoms with Gasteiger partial charge in [0.1, 0.15) is 6.10 Å². The van der Waals surface area contributed by atoms with Crippen molar-refractivity contribution in [1.29, 1.82) is 0 Å². The van der Waals surface area contributed by atoms with Crippen LogP contribution in [0.15, 0.2) is 36.7 Å². The molecule has 2 aromatic rings. The Balaban J connectivity index is 1.39. The van der Waals surface area contributed by atoms with Gasteiger partial charge in [-0.25, -0.2) is 0 Å². The van der Waals surface area contributed by atoms with E-state index in [4.69, 9.17) is 9.47 Å². The van der Waals surface area contributed by atoms with Gasteiger partial charge >= 0.3 is 0 Å². The lowest BCUT2D eigenvalue weighted by Crippen LogP contribution is -2.42. The van der Waals surface area contributed by atoms with E-state index in [1.807, 2.05) is 43.6 Å². The minimum absolute atomic E-state index is 0.193. The molecule has 1 saturated heterocycles. The molecule has 144 valence electrons. The number of rotatable bonds is 5. The molecule has 0 bridgehead atoms. The van der Waals surface area contributed by atoms with Crippen LogP contribution < -0.4 is 9.47 Å². The van der Waals surface area contributed by atoms with Crippen molar-refractivity contribution >= 4 is 0 Å². The van der Waals surface area contributed by atoms with E-state index in [9.17, 15) is 5.11 Å². The summed E-state index contributed by atoms with van der Waals surface area (Å²) in [6.07, 6.45) is 4.68. The van der Waals surface area contributed by atoms with Crippen molar-refractivity contribution < 1.29 is 14.6 Å². The molecular formula is C21H27N3O3. The highest BCUT2D eigenvalue weighted by atomic mass is 16.5. The van der Waals surface area contributed by atoms with Crippen LogP contribution in [0.2, 0.25) is 0 Å². The largest absolute Gasteiger partial charge is 0.493 e. The topological polar surface area (TPSA) is 67.7 Å². The Morgan fingerprint density at radius 3 is 2.52 bits per heavy atom. The Morgan fingerprint density at radius 1 is 1.07 bits per heavy atom. The first kappa shape index (κ1) is 18.2. The predicted molar refractivity (Wildman–Crippen MR) is 102 cm³/mol. The molecule has 1 aliphatic carbocycles. The molecule has 1 aromatic carbocycles. The Labute approximate surface area is 160 Å². The van der Waals surface area contributed by atoms with Crippen LogP contribution >= 0.6 is 0 Å². The van der Waals surface area contributed by atoms with E-state index < -0.39 is 6.10 Å². The van der Waals surface area contributed by atoms with Gasteiger partial charge in [-0.05, 0) is 43.7 Å². The monoisotopic (exact) mass is 369 g/mol. The summed E-state index contributed by atoms with van der Waals surface area (Å²) in [5, 5.41) is 10.6. The van der Waals surface area contributed by atoms with Crippen molar-refractivity contribution in [2.45, 2.75) is 38.5 Å². The maximum atomic E-state index is 10.6. The van der Waals surface area contributed by atoms with Crippen LogP contribution in [0, 0.1) is 18.8 Å². The molecule has 1 saturated carbocycles. The molecule has 4 atom stereocenters. The summed E-state index contributed by atoms with van der Waals surface area (Å²) in [4.78, 5) is 11.2. The van der Waals surface area contributed by atoms with Crippen LogP contribution in [-0.2, 0) is 6.54 Å². The Kier molecular flexibility index (Phi) is 5.27. The maximum absolute atomic E-state index is 10.6. The number of aliphatic hydroxyl groups is 1. The molecule has 1 aliphatic heterocycles. The first-order valence-corrected chi connectivity index (χ1v) is 9.60. The van der Waals surface area contributed by atoms with Gasteiger partial charge in [0.2, 0.25) is 0 Å². The van der Waals surface area contributed by atoms with Gasteiger partial charge in [-0.3, -0.25) is 14.9 Å². The number of hydrogen-bond acceptors (Lipinski definition) is 6. The molecule has 0 amide bonds. The molecule has 4 rings (SSSR count). The van der Waals surface area contributed by atoms with Crippen LogP contribution in [0.25, 0.3) is 0 Å². The van der Waals surface area contributed by atoms with Crippen LogP contribution in [-0.4, -0.2) is 52.4 Å². The van der Waals surface area contributed by atoms with Gasteiger partial charge in [0.25, 0.3) is 0 Å². The molecule has 1 N–H and O–H groups in total. The third kappa shape index (κ3) is 4.06. The molecule has 2 fully saturated rings. The second-order valence-corrected chi connectivity index (χ2v) is 7.71. The molecule has 6 heteroatoms. The van der Waals surface area contributed by atoms with Gasteiger partial charge in [-0.1, -0.05) is 12.1 Å². The van der Waals surface area contributed by atoms with Crippen molar-refractivity contribution in [3.05, 3.63) is 48.0 Å². The number of hydrogen-bond donors (Lipinski definition) is 1. The fraction of sp³-hybridized carbons (Fsp3) is 0.524. The number of methoxy groups -OCH3 is 1. The van der Waals surface area contributed by atoms with Crippen molar-refractivity contribution in [2.24, 2.45) is 11.8 Å². The van der Waals surface area contributed by atoms with E-state index in [-0.39, 0.29) is 6.10 Å². The van der Waals surface area contributed by atoms with E-state index in [1.165, 1.54) is 0 Å². The SMILES string of the molecule is COc1ccccc1O[C@@H]1C[C@@H]2CN(Cc3cnc(C)cn3)C[C@@H]2C[C@H]1O. The van der Waals surface area contributed by atoms with E-state index in [1.54, 1.807) is 7.11 Å². The number of para-hydroxylation sites is 2. The fourth-order valence-electron chi connectivity index (χ4n) is 4.35. The van der Waals surface area contributed by atoms with Crippen LogP contribution in [0.4, 0.5) is 0 Å². The summed E-state index contributed by atoms with van der Waals surface area (Å²) in [5.74, 6) is 2.45. The second kappa shape index (κ2) is 7.82. The predicted octanol–water partition coefficient (Wildman–Crippen LogP) is 2.44. The first-order valence-electron chi connectivity index (χ1n) is 9.60. The van der Waals surface area contributed by atoms with Crippen molar-refractivity contribution in [2.75, 3.05) is 20.2 Å². The minimum atomic E-state index is -0.449. The zero-order chi connectivity index (χ0) is 18.8. The number of nitrogens with zero attached hydrogens (tertiary/aromatic N) is 3. The van der Waals surface area contributed by atoms with Crippen LogP contribution in [0.5, 0.6) is 11.5 Å². The number of benzene rings is 1. The lowest BCUT2D eigenvalue weighted by molar-refractivity contribution is -0.0240. The van der Waals surface area contributed by atoms with Gasteiger partial charge in [-0.2, -0.15) is 0 Å². The molecule has 2 aliphatic rings. The Morgan fingerprint density at radius 2 is 1.81 bits per heavy atom. The summed E-state index contributed by atoms with van der Waals surface area (Å²) >= 11 is 0. The highest BCUT2D eigenvalue weighted by molar-refractivity contribution is 5.39. The number of aliphatic hydroxyl groups excluding tert-OH is 1. The zero-order valence-corrected chi connectivity index (χ0v) is 15.9. The minimum Gasteiger partial charge on any atom is -0.493 e. The summed E-state index contributed by atoms with van der Waals surface area (Å²) in [7, 11) is 1.64. The molecule has 2 heterocycles. The van der Waals surface area contributed by atoms with Crippen LogP contribution in [0.3, 0.4) is 0 Å². The molecule has 27 heavy (non-hydrogen) atoms. The Bertz CT molecular complexity index is 768. The van der Waals surface area contributed by atoms with Crippen LogP contribution in [0.1, 0.15) is 24.2 Å². The summed E-state index contributed by atoms with van der Waals surface area (Å²) in [5.41, 5.74) is 1.94. The van der Waals surface area contributed by atoms with Gasteiger partial charge in [0.05, 0.1) is 24.6 Å². The van der Waals surface area contributed by atoms with E-state index in [2.05, 4.69) is 14.9 Å². The van der Waals surface area contributed by atoms with Crippen molar-refractivity contribution in [3.8, 4) is 11.5 Å². The number of ether oxygens (including phenoxy) is 2. The smallest absolute Gasteiger partial charge is 0.161 e. The number of likely N-dealkylation sites (tertiary alicyclic amines) is 1. The number of aromatic nitrogens is 2.